The molecule has 0 fully saturated rings. The molecule has 0 radical (unpaired) electrons. The van der Waals surface area contributed by atoms with Crippen LogP contribution in [0.25, 0.3) is 11.5 Å². The van der Waals surface area contributed by atoms with Crippen LogP contribution in [0.15, 0.2) is 22.7 Å². The summed E-state index contributed by atoms with van der Waals surface area (Å²) in [6, 6.07) is 5.56. The van der Waals surface area contributed by atoms with E-state index in [-0.39, 0.29) is 6.04 Å². The van der Waals surface area contributed by atoms with Crippen molar-refractivity contribution in [3.05, 3.63) is 24.0 Å². The topological polar surface area (TPSA) is 83.4 Å². The molecule has 2 rings (SSSR count). The fourth-order valence-electron chi connectivity index (χ4n) is 1.93. The molecule has 0 amide bonds. The maximum Gasteiger partial charge on any atom is 0.258 e. The lowest BCUT2D eigenvalue weighted by Crippen LogP contribution is -2.18. The summed E-state index contributed by atoms with van der Waals surface area (Å²) in [7, 11) is 0. The van der Waals surface area contributed by atoms with Crippen LogP contribution >= 0.6 is 0 Å². The second-order valence-electron chi connectivity index (χ2n) is 4.72. The van der Waals surface area contributed by atoms with Gasteiger partial charge in [-0.1, -0.05) is 5.16 Å². The molecule has 2 N–H and O–H groups in total. The molecule has 1 atom stereocenters. The summed E-state index contributed by atoms with van der Waals surface area (Å²) in [5.74, 6) is 2.43. The van der Waals surface area contributed by atoms with Crippen molar-refractivity contribution >= 4 is 0 Å². The van der Waals surface area contributed by atoms with Gasteiger partial charge < -0.3 is 19.7 Å². The van der Waals surface area contributed by atoms with E-state index in [0.717, 1.165) is 5.56 Å². The third-order valence-electron chi connectivity index (χ3n) is 2.76. The fraction of sp³-hybridized carbons (Fsp3) is 0.467. The van der Waals surface area contributed by atoms with Crippen LogP contribution in [0.5, 0.6) is 11.5 Å². The highest BCUT2D eigenvalue weighted by atomic mass is 16.5. The number of nitrogens with zero attached hydrogens (tertiary/aromatic N) is 2. The quantitative estimate of drug-likeness (QED) is 0.843. The van der Waals surface area contributed by atoms with Crippen LogP contribution in [-0.2, 0) is 6.42 Å². The van der Waals surface area contributed by atoms with Gasteiger partial charge in [0.15, 0.2) is 17.3 Å². The van der Waals surface area contributed by atoms with Gasteiger partial charge in [0.1, 0.15) is 0 Å². The molecule has 1 unspecified atom stereocenters. The first-order chi connectivity index (χ1) is 10.1. The van der Waals surface area contributed by atoms with Crippen molar-refractivity contribution in [3.63, 3.8) is 0 Å². The predicted molar refractivity (Wildman–Crippen MR) is 79.4 cm³/mol. The van der Waals surface area contributed by atoms with E-state index in [1.54, 1.807) is 0 Å². The Bertz CT molecular complexity index is 581. The first-order valence-corrected chi connectivity index (χ1v) is 7.12. The molecule has 1 aromatic carbocycles. The molecule has 0 bridgehead atoms. The Morgan fingerprint density at radius 1 is 1.19 bits per heavy atom. The van der Waals surface area contributed by atoms with Crippen molar-refractivity contribution in [3.8, 4) is 23.0 Å². The maximum atomic E-state index is 5.73. The summed E-state index contributed by atoms with van der Waals surface area (Å²) < 4.78 is 16.4. The molecule has 114 valence electrons. The van der Waals surface area contributed by atoms with E-state index >= 15 is 0 Å². The minimum atomic E-state index is -0.00485. The van der Waals surface area contributed by atoms with Gasteiger partial charge in [0.05, 0.1) is 13.2 Å². The number of hydrogen-bond donors (Lipinski definition) is 1. The van der Waals surface area contributed by atoms with Gasteiger partial charge in [-0.25, -0.2) is 0 Å². The van der Waals surface area contributed by atoms with E-state index in [1.165, 1.54) is 0 Å². The van der Waals surface area contributed by atoms with Crippen LogP contribution < -0.4 is 15.2 Å². The zero-order valence-corrected chi connectivity index (χ0v) is 12.6. The first-order valence-electron chi connectivity index (χ1n) is 7.12. The lowest BCUT2D eigenvalue weighted by atomic mass is 10.2. The van der Waals surface area contributed by atoms with E-state index in [9.17, 15) is 0 Å². The monoisotopic (exact) mass is 291 g/mol. The average molecular weight is 291 g/mol. The number of benzene rings is 1. The molecule has 1 heterocycles. The van der Waals surface area contributed by atoms with Crippen LogP contribution in [-0.4, -0.2) is 29.4 Å². The minimum absolute atomic E-state index is 0.00485. The fourth-order valence-corrected chi connectivity index (χ4v) is 1.93. The normalized spacial score (nSPS) is 12.2. The average Bonchev–Trinajstić information content (AvgIpc) is 2.89. The summed E-state index contributed by atoms with van der Waals surface area (Å²) in [4.78, 5) is 4.34. The molecule has 1 aromatic heterocycles. The second-order valence-corrected chi connectivity index (χ2v) is 4.72. The van der Waals surface area contributed by atoms with Gasteiger partial charge in [-0.3, -0.25) is 0 Å². The van der Waals surface area contributed by atoms with Gasteiger partial charge in [0.25, 0.3) is 5.89 Å². The summed E-state index contributed by atoms with van der Waals surface area (Å²) in [6.07, 6.45) is 0.582. The van der Waals surface area contributed by atoms with E-state index < -0.39 is 0 Å². The lowest BCUT2D eigenvalue weighted by Gasteiger charge is -2.11. The van der Waals surface area contributed by atoms with Crippen molar-refractivity contribution < 1.29 is 14.0 Å². The Hall–Kier alpha value is -2.08. The van der Waals surface area contributed by atoms with E-state index in [2.05, 4.69) is 10.1 Å². The molecule has 0 saturated heterocycles. The number of rotatable bonds is 7. The summed E-state index contributed by atoms with van der Waals surface area (Å²) in [6.45, 7) is 6.90. The van der Waals surface area contributed by atoms with Crippen molar-refractivity contribution in [2.75, 3.05) is 13.2 Å². The molecular formula is C15H21N3O3. The molecule has 0 aliphatic rings. The van der Waals surface area contributed by atoms with Crippen LogP contribution in [0.3, 0.4) is 0 Å². The van der Waals surface area contributed by atoms with E-state index in [4.69, 9.17) is 19.7 Å². The SMILES string of the molecule is CCOc1ccc(-c2nc(CC(C)N)no2)cc1OCC. The van der Waals surface area contributed by atoms with Crippen LogP contribution in [0.4, 0.5) is 0 Å². The third-order valence-corrected chi connectivity index (χ3v) is 2.76. The molecule has 0 spiro atoms. The summed E-state index contributed by atoms with van der Waals surface area (Å²) >= 11 is 0. The molecular weight excluding hydrogens is 270 g/mol. The molecule has 6 heteroatoms. The van der Waals surface area contributed by atoms with Gasteiger partial charge in [0.2, 0.25) is 0 Å². The predicted octanol–water partition coefficient (Wildman–Crippen LogP) is 2.42. The van der Waals surface area contributed by atoms with E-state index in [0.29, 0.717) is 42.8 Å². The van der Waals surface area contributed by atoms with Crippen molar-refractivity contribution in [1.29, 1.82) is 0 Å². The highest BCUT2D eigenvalue weighted by molar-refractivity contribution is 5.59. The largest absolute Gasteiger partial charge is 0.490 e. The molecule has 0 aliphatic heterocycles. The number of ether oxygens (including phenoxy) is 2. The minimum Gasteiger partial charge on any atom is -0.490 e. The lowest BCUT2D eigenvalue weighted by molar-refractivity contribution is 0.288. The Labute approximate surface area is 124 Å². The Kier molecular flexibility index (Phi) is 5.16. The maximum absolute atomic E-state index is 5.73. The van der Waals surface area contributed by atoms with Crippen molar-refractivity contribution in [2.45, 2.75) is 33.2 Å². The first kappa shape index (κ1) is 15.3. The zero-order valence-electron chi connectivity index (χ0n) is 12.6. The summed E-state index contributed by atoms with van der Waals surface area (Å²) in [5.41, 5.74) is 6.53. The van der Waals surface area contributed by atoms with Gasteiger partial charge in [0, 0.05) is 18.0 Å². The number of nitrogens with two attached hydrogens (primary N) is 1. The Morgan fingerprint density at radius 2 is 1.90 bits per heavy atom. The number of hydrogen-bond acceptors (Lipinski definition) is 6. The second kappa shape index (κ2) is 7.08. The van der Waals surface area contributed by atoms with Gasteiger partial charge in [-0.05, 0) is 39.0 Å². The smallest absolute Gasteiger partial charge is 0.258 e. The van der Waals surface area contributed by atoms with Crippen LogP contribution in [0.1, 0.15) is 26.6 Å². The molecule has 21 heavy (non-hydrogen) atoms. The van der Waals surface area contributed by atoms with Crippen LogP contribution in [0, 0.1) is 0 Å². The van der Waals surface area contributed by atoms with Gasteiger partial charge >= 0.3 is 0 Å². The zero-order chi connectivity index (χ0) is 15.2. The van der Waals surface area contributed by atoms with Crippen LogP contribution in [0.2, 0.25) is 0 Å². The summed E-state index contributed by atoms with van der Waals surface area (Å²) in [5, 5.41) is 3.93. The third kappa shape index (κ3) is 3.95. The Morgan fingerprint density at radius 3 is 2.57 bits per heavy atom. The molecule has 0 aliphatic carbocycles. The van der Waals surface area contributed by atoms with Gasteiger partial charge in [-0.15, -0.1) is 0 Å². The van der Waals surface area contributed by atoms with Crippen molar-refractivity contribution in [2.24, 2.45) is 5.73 Å². The molecule has 2 aromatic rings. The standard InChI is InChI=1S/C15H21N3O3/c1-4-19-12-7-6-11(9-13(12)20-5-2)15-17-14(18-21-15)8-10(3)16/h6-7,9-10H,4-5,8,16H2,1-3H3. The number of aromatic nitrogens is 2. The highest BCUT2D eigenvalue weighted by Gasteiger charge is 2.13. The highest BCUT2D eigenvalue weighted by Crippen LogP contribution is 2.32. The molecule has 6 nitrogen and oxygen atoms in total. The molecule has 0 saturated carbocycles. The van der Waals surface area contributed by atoms with Gasteiger partial charge in [-0.2, -0.15) is 4.98 Å². The van der Waals surface area contributed by atoms with Crippen molar-refractivity contribution in [1.82, 2.24) is 10.1 Å². The van der Waals surface area contributed by atoms with E-state index in [1.807, 2.05) is 39.0 Å². The Balaban J connectivity index is 2.26.